The number of hydrogen-bond acceptors (Lipinski definition) is 4. The van der Waals surface area contributed by atoms with E-state index in [1.54, 1.807) is 17.5 Å². The zero-order valence-electron chi connectivity index (χ0n) is 11.8. The van der Waals surface area contributed by atoms with Crippen LogP contribution in [0.1, 0.15) is 22.9 Å². The first-order valence-corrected chi connectivity index (χ1v) is 8.08. The van der Waals surface area contributed by atoms with Crippen LogP contribution in [-0.4, -0.2) is 34.9 Å². The molecule has 1 aromatic heterocycles. The summed E-state index contributed by atoms with van der Waals surface area (Å²) in [5.74, 6) is 0.425. The molecule has 1 aliphatic heterocycles. The molecule has 1 amide bonds. The third kappa shape index (κ3) is 3.31. The van der Waals surface area contributed by atoms with Gasteiger partial charge in [0.25, 0.3) is 0 Å². The molecular weight excluding hydrogens is 282 g/mol. The summed E-state index contributed by atoms with van der Waals surface area (Å²) in [6, 6.07) is 10.3. The number of likely N-dealkylation sites (tertiary alicyclic amines) is 1. The van der Waals surface area contributed by atoms with Crippen molar-refractivity contribution in [2.45, 2.75) is 24.8 Å². The van der Waals surface area contributed by atoms with E-state index in [1.165, 1.54) is 5.56 Å². The fourth-order valence-corrected chi connectivity index (χ4v) is 3.45. The Labute approximate surface area is 128 Å². The van der Waals surface area contributed by atoms with E-state index in [9.17, 15) is 4.79 Å². The van der Waals surface area contributed by atoms with Gasteiger partial charge in [0.15, 0.2) is 0 Å². The van der Waals surface area contributed by atoms with E-state index in [-0.39, 0.29) is 17.9 Å². The lowest BCUT2D eigenvalue weighted by atomic mass is 9.95. The number of amides is 1. The van der Waals surface area contributed by atoms with Gasteiger partial charge in [0, 0.05) is 49.5 Å². The lowest BCUT2D eigenvalue weighted by Crippen LogP contribution is -2.32. The molecule has 0 unspecified atom stereocenters. The van der Waals surface area contributed by atoms with Gasteiger partial charge in [-0.3, -0.25) is 4.79 Å². The Kier molecular flexibility index (Phi) is 4.31. The van der Waals surface area contributed by atoms with Gasteiger partial charge in [-0.05, 0) is 5.56 Å². The minimum absolute atomic E-state index is 0.0243. The van der Waals surface area contributed by atoms with Crippen LogP contribution in [0.5, 0.6) is 0 Å². The fraction of sp³-hybridized carbons (Fsp3) is 0.375. The zero-order chi connectivity index (χ0) is 14.7. The van der Waals surface area contributed by atoms with Crippen LogP contribution >= 0.6 is 11.3 Å². The summed E-state index contributed by atoms with van der Waals surface area (Å²) in [6.07, 6.45) is 3.02. The number of thiazole rings is 1. The Balaban J connectivity index is 1.59. The molecular formula is C16H19N3OS. The first-order valence-electron chi connectivity index (χ1n) is 7.20. The van der Waals surface area contributed by atoms with Crippen molar-refractivity contribution < 1.29 is 4.79 Å². The van der Waals surface area contributed by atoms with Crippen LogP contribution in [0.4, 0.5) is 0 Å². The lowest BCUT2D eigenvalue weighted by Gasteiger charge is -2.16. The zero-order valence-corrected chi connectivity index (χ0v) is 12.6. The summed E-state index contributed by atoms with van der Waals surface area (Å²) in [5, 5.41) is 2.96. The number of aromatic nitrogens is 1. The van der Waals surface area contributed by atoms with E-state index >= 15 is 0 Å². The van der Waals surface area contributed by atoms with Gasteiger partial charge in [-0.25, -0.2) is 4.98 Å². The lowest BCUT2D eigenvalue weighted by molar-refractivity contribution is -0.130. The highest BCUT2D eigenvalue weighted by atomic mass is 32.1. The van der Waals surface area contributed by atoms with Crippen LogP contribution in [0.3, 0.4) is 0 Å². The highest BCUT2D eigenvalue weighted by molar-refractivity contribution is 7.09. The Morgan fingerprint density at radius 2 is 2.14 bits per heavy atom. The molecule has 4 nitrogen and oxygen atoms in total. The second-order valence-electron chi connectivity index (χ2n) is 5.41. The van der Waals surface area contributed by atoms with E-state index in [1.807, 2.05) is 28.5 Å². The largest absolute Gasteiger partial charge is 0.340 e. The van der Waals surface area contributed by atoms with Crippen LogP contribution < -0.4 is 5.73 Å². The molecule has 1 saturated heterocycles. The van der Waals surface area contributed by atoms with Crippen LogP contribution in [0.25, 0.3) is 0 Å². The van der Waals surface area contributed by atoms with Gasteiger partial charge in [-0.1, -0.05) is 30.3 Å². The maximum absolute atomic E-state index is 12.3. The molecule has 2 heterocycles. The SMILES string of the molecule is N[C@@H]1CN(C(=O)CCc2nccs2)C[C@H]1c1ccccc1. The molecule has 2 atom stereocenters. The highest BCUT2D eigenvalue weighted by Crippen LogP contribution is 2.26. The third-order valence-electron chi connectivity index (χ3n) is 3.98. The number of carbonyl (C=O) groups is 1. The molecule has 2 aromatic rings. The van der Waals surface area contributed by atoms with E-state index in [0.29, 0.717) is 13.0 Å². The Bertz CT molecular complexity index is 585. The van der Waals surface area contributed by atoms with E-state index in [0.717, 1.165) is 18.0 Å². The predicted octanol–water partition coefficient (Wildman–Crippen LogP) is 2.03. The number of nitrogens with zero attached hydrogens (tertiary/aromatic N) is 2. The molecule has 1 aromatic carbocycles. The van der Waals surface area contributed by atoms with Crippen LogP contribution in [-0.2, 0) is 11.2 Å². The van der Waals surface area contributed by atoms with E-state index < -0.39 is 0 Å². The normalized spacial score (nSPS) is 21.7. The number of carbonyl (C=O) groups excluding carboxylic acids is 1. The van der Waals surface area contributed by atoms with Crippen molar-refractivity contribution in [1.29, 1.82) is 0 Å². The number of rotatable bonds is 4. The molecule has 5 heteroatoms. The molecule has 3 rings (SSSR count). The van der Waals surface area contributed by atoms with E-state index in [4.69, 9.17) is 5.73 Å². The Morgan fingerprint density at radius 1 is 1.33 bits per heavy atom. The van der Waals surface area contributed by atoms with Gasteiger partial charge >= 0.3 is 0 Å². The Hall–Kier alpha value is -1.72. The van der Waals surface area contributed by atoms with Gasteiger partial charge in [-0.2, -0.15) is 0 Å². The summed E-state index contributed by atoms with van der Waals surface area (Å²) in [4.78, 5) is 18.4. The maximum atomic E-state index is 12.3. The summed E-state index contributed by atoms with van der Waals surface area (Å²) in [5.41, 5.74) is 7.45. The summed E-state index contributed by atoms with van der Waals surface area (Å²) >= 11 is 1.60. The second-order valence-corrected chi connectivity index (χ2v) is 6.38. The summed E-state index contributed by atoms with van der Waals surface area (Å²) in [6.45, 7) is 1.37. The van der Waals surface area contributed by atoms with E-state index in [2.05, 4.69) is 17.1 Å². The van der Waals surface area contributed by atoms with Gasteiger partial charge in [0.05, 0.1) is 5.01 Å². The van der Waals surface area contributed by atoms with Crippen molar-refractivity contribution in [2.75, 3.05) is 13.1 Å². The van der Waals surface area contributed by atoms with Crippen molar-refractivity contribution in [3.8, 4) is 0 Å². The fourth-order valence-electron chi connectivity index (χ4n) is 2.83. The first kappa shape index (κ1) is 14.2. The molecule has 2 N–H and O–H groups in total. The molecule has 0 spiro atoms. The quantitative estimate of drug-likeness (QED) is 0.940. The standard InChI is InChI=1S/C16H19N3OS/c17-14-11-19(10-13(14)12-4-2-1-3-5-12)16(20)7-6-15-18-8-9-21-15/h1-5,8-9,13-14H,6-7,10-11,17H2/t13-,14+/m0/s1. The third-order valence-corrected chi connectivity index (χ3v) is 4.82. The average molecular weight is 301 g/mol. The molecule has 110 valence electrons. The summed E-state index contributed by atoms with van der Waals surface area (Å²) < 4.78 is 0. The number of nitrogens with two attached hydrogens (primary N) is 1. The van der Waals surface area contributed by atoms with Gasteiger partial charge in [-0.15, -0.1) is 11.3 Å². The highest BCUT2D eigenvalue weighted by Gasteiger charge is 2.33. The second kappa shape index (κ2) is 6.37. The number of benzene rings is 1. The molecule has 0 bridgehead atoms. The summed E-state index contributed by atoms with van der Waals surface area (Å²) in [7, 11) is 0. The number of aryl methyl sites for hydroxylation is 1. The average Bonchev–Trinajstić information content (AvgIpc) is 3.15. The minimum atomic E-state index is 0.0243. The van der Waals surface area contributed by atoms with Crippen molar-refractivity contribution in [3.63, 3.8) is 0 Å². The first-order chi connectivity index (χ1) is 10.2. The molecule has 0 saturated carbocycles. The molecule has 1 aliphatic rings. The van der Waals surface area contributed by atoms with Gasteiger partial charge < -0.3 is 10.6 Å². The topological polar surface area (TPSA) is 59.2 Å². The molecule has 0 radical (unpaired) electrons. The van der Waals surface area contributed by atoms with Gasteiger partial charge in [0.2, 0.25) is 5.91 Å². The van der Waals surface area contributed by atoms with Gasteiger partial charge in [0.1, 0.15) is 0 Å². The smallest absolute Gasteiger partial charge is 0.223 e. The number of hydrogen-bond donors (Lipinski definition) is 1. The van der Waals surface area contributed by atoms with Crippen LogP contribution in [0.2, 0.25) is 0 Å². The monoisotopic (exact) mass is 301 g/mol. The Morgan fingerprint density at radius 3 is 2.86 bits per heavy atom. The molecule has 1 fully saturated rings. The van der Waals surface area contributed by atoms with Crippen molar-refractivity contribution >= 4 is 17.2 Å². The minimum Gasteiger partial charge on any atom is -0.340 e. The van der Waals surface area contributed by atoms with Crippen LogP contribution in [0.15, 0.2) is 41.9 Å². The molecule has 21 heavy (non-hydrogen) atoms. The van der Waals surface area contributed by atoms with Crippen molar-refractivity contribution in [2.24, 2.45) is 5.73 Å². The maximum Gasteiger partial charge on any atom is 0.223 e. The molecule has 0 aliphatic carbocycles. The predicted molar refractivity (Wildman–Crippen MR) is 84.2 cm³/mol. The van der Waals surface area contributed by atoms with Crippen LogP contribution in [0, 0.1) is 0 Å². The van der Waals surface area contributed by atoms with Crippen molar-refractivity contribution in [3.05, 3.63) is 52.5 Å². The van der Waals surface area contributed by atoms with Crippen molar-refractivity contribution in [1.82, 2.24) is 9.88 Å².